The largest absolute Gasteiger partial charge is 0.342 e. The normalized spacial score (nSPS) is 31.3. The molecule has 0 aromatic heterocycles. The van der Waals surface area contributed by atoms with Gasteiger partial charge in [-0.2, -0.15) is 0 Å². The summed E-state index contributed by atoms with van der Waals surface area (Å²) in [4.78, 5) is 16.8. The number of fused-ring (bicyclic) bond motifs is 6. The van der Waals surface area contributed by atoms with Gasteiger partial charge in [-0.15, -0.1) is 0 Å². The van der Waals surface area contributed by atoms with E-state index in [1.165, 1.54) is 51.6 Å². The fourth-order valence-corrected chi connectivity index (χ4v) is 6.51. The first kappa shape index (κ1) is 19.3. The van der Waals surface area contributed by atoms with Gasteiger partial charge in [0, 0.05) is 30.4 Å². The van der Waals surface area contributed by atoms with Crippen LogP contribution >= 0.6 is 12.2 Å². The second kappa shape index (κ2) is 7.84. The van der Waals surface area contributed by atoms with Gasteiger partial charge in [-0.05, 0) is 93.9 Å². The van der Waals surface area contributed by atoms with Crippen molar-refractivity contribution >= 4 is 28.8 Å². The van der Waals surface area contributed by atoms with Crippen LogP contribution in [0.15, 0.2) is 35.9 Å². The van der Waals surface area contributed by atoms with E-state index in [9.17, 15) is 4.79 Å². The minimum Gasteiger partial charge on any atom is -0.342 e. The molecule has 0 saturated carbocycles. The SMILES string of the molecule is CC(=O)c1ccc(NC(=S)N2CCCC3=C[C@@H]4C[C@@H](CN5CCCC[C@H]45)[C@@H]32)cc1. The molecule has 4 aliphatic rings. The van der Waals surface area contributed by atoms with E-state index in [1.807, 2.05) is 24.3 Å². The van der Waals surface area contributed by atoms with E-state index >= 15 is 0 Å². The first-order valence-corrected chi connectivity index (χ1v) is 11.6. The maximum atomic E-state index is 11.5. The molecule has 5 rings (SSSR count). The Hall–Kier alpha value is -1.72. The molecule has 4 atom stereocenters. The van der Waals surface area contributed by atoms with Gasteiger partial charge in [-0.1, -0.05) is 18.1 Å². The number of carbonyl (C=O) groups is 1. The molecule has 29 heavy (non-hydrogen) atoms. The topological polar surface area (TPSA) is 35.6 Å². The number of nitrogens with one attached hydrogen (secondary N) is 1. The lowest BCUT2D eigenvalue weighted by Crippen LogP contribution is -2.60. The highest BCUT2D eigenvalue weighted by molar-refractivity contribution is 7.80. The molecule has 3 fully saturated rings. The van der Waals surface area contributed by atoms with Crippen molar-refractivity contribution < 1.29 is 4.79 Å². The Bertz CT molecular complexity index is 833. The zero-order valence-corrected chi connectivity index (χ0v) is 18.1. The molecular weight excluding hydrogens is 378 g/mol. The van der Waals surface area contributed by atoms with Crippen molar-refractivity contribution in [1.82, 2.24) is 9.80 Å². The Morgan fingerprint density at radius 1 is 1.14 bits per heavy atom. The van der Waals surface area contributed by atoms with Crippen molar-refractivity contribution in [2.45, 2.75) is 57.5 Å². The Morgan fingerprint density at radius 2 is 1.97 bits per heavy atom. The molecule has 1 N–H and O–H groups in total. The summed E-state index contributed by atoms with van der Waals surface area (Å²) >= 11 is 5.88. The summed E-state index contributed by atoms with van der Waals surface area (Å²) in [6, 6.07) is 8.90. The van der Waals surface area contributed by atoms with Gasteiger partial charge in [0.1, 0.15) is 0 Å². The Balaban J connectivity index is 1.35. The van der Waals surface area contributed by atoms with Crippen LogP contribution in [-0.4, -0.2) is 52.4 Å². The molecule has 1 aromatic rings. The summed E-state index contributed by atoms with van der Waals surface area (Å²) in [5, 5.41) is 4.28. The maximum absolute atomic E-state index is 11.5. The minimum atomic E-state index is 0.0926. The molecular formula is C24H31N3OS. The van der Waals surface area contributed by atoms with Gasteiger partial charge >= 0.3 is 0 Å². The second-order valence-corrected chi connectivity index (χ2v) is 9.65. The van der Waals surface area contributed by atoms with E-state index in [1.54, 1.807) is 12.5 Å². The third kappa shape index (κ3) is 3.64. The van der Waals surface area contributed by atoms with Crippen molar-refractivity contribution in [2.75, 3.05) is 25.0 Å². The molecule has 4 nitrogen and oxygen atoms in total. The molecule has 154 valence electrons. The Kier molecular flexibility index (Phi) is 5.21. The summed E-state index contributed by atoms with van der Waals surface area (Å²) in [6.07, 6.45) is 10.5. The van der Waals surface area contributed by atoms with Gasteiger partial charge in [0.15, 0.2) is 10.9 Å². The zero-order valence-electron chi connectivity index (χ0n) is 17.3. The van der Waals surface area contributed by atoms with Crippen molar-refractivity contribution in [3.05, 3.63) is 41.5 Å². The van der Waals surface area contributed by atoms with Gasteiger partial charge in [-0.3, -0.25) is 9.69 Å². The van der Waals surface area contributed by atoms with Crippen molar-refractivity contribution in [1.29, 1.82) is 0 Å². The standard InChI is InChI=1S/C24H31N3OS/c1-16(28)17-7-9-21(10-8-17)25-24(29)27-12-4-5-18-13-19-14-20(23(18)27)15-26-11-3-2-6-22(19)26/h7-10,13,19-20,22-23H,2-6,11-12,14-15H2,1H3,(H,25,29)/t19-,20+,22-,23-/m1/s1. The third-order valence-corrected chi connectivity index (χ3v) is 7.80. The molecule has 3 aliphatic heterocycles. The smallest absolute Gasteiger partial charge is 0.173 e. The lowest BCUT2D eigenvalue weighted by atomic mass is 9.68. The van der Waals surface area contributed by atoms with Gasteiger partial charge in [0.2, 0.25) is 0 Å². The van der Waals surface area contributed by atoms with Gasteiger partial charge in [0.25, 0.3) is 0 Å². The number of anilines is 1. The monoisotopic (exact) mass is 409 g/mol. The van der Waals surface area contributed by atoms with Gasteiger partial charge in [-0.25, -0.2) is 0 Å². The fraction of sp³-hybridized carbons (Fsp3) is 0.583. The number of likely N-dealkylation sites (tertiary alicyclic amines) is 1. The number of nitrogens with zero attached hydrogens (tertiary/aromatic N) is 2. The molecule has 5 heteroatoms. The van der Waals surface area contributed by atoms with Crippen LogP contribution in [0.25, 0.3) is 0 Å². The molecule has 0 amide bonds. The summed E-state index contributed by atoms with van der Waals surface area (Å²) in [5.41, 5.74) is 3.34. The highest BCUT2D eigenvalue weighted by Crippen LogP contribution is 2.45. The van der Waals surface area contributed by atoms with Crippen LogP contribution in [0.1, 0.15) is 55.8 Å². The third-order valence-electron chi connectivity index (χ3n) is 7.46. The number of thiocarbonyl (C=S) groups is 1. The molecule has 1 aliphatic carbocycles. The summed E-state index contributed by atoms with van der Waals surface area (Å²) in [7, 11) is 0. The first-order valence-electron chi connectivity index (χ1n) is 11.2. The Morgan fingerprint density at radius 3 is 2.76 bits per heavy atom. The highest BCUT2D eigenvalue weighted by Gasteiger charge is 2.46. The van der Waals surface area contributed by atoms with Crippen molar-refractivity contribution in [2.24, 2.45) is 11.8 Å². The number of benzene rings is 1. The minimum absolute atomic E-state index is 0.0926. The molecule has 0 radical (unpaired) electrons. The lowest BCUT2D eigenvalue weighted by molar-refractivity contribution is 0.0132. The predicted molar refractivity (Wildman–Crippen MR) is 121 cm³/mol. The van der Waals surface area contributed by atoms with Crippen LogP contribution < -0.4 is 5.32 Å². The van der Waals surface area contributed by atoms with E-state index < -0.39 is 0 Å². The number of ketones is 1. The van der Waals surface area contributed by atoms with Crippen LogP contribution in [0.5, 0.6) is 0 Å². The number of piperidine rings is 3. The number of Topliss-reactive ketones (excluding diaryl/α,β-unsaturated/α-hetero) is 1. The van der Waals surface area contributed by atoms with Crippen molar-refractivity contribution in [3.8, 4) is 0 Å². The van der Waals surface area contributed by atoms with E-state index in [0.717, 1.165) is 34.9 Å². The molecule has 1 aromatic carbocycles. The second-order valence-electron chi connectivity index (χ2n) is 9.26. The molecule has 3 saturated heterocycles. The van der Waals surface area contributed by atoms with Gasteiger partial charge in [0.05, 0.1) is 6.04 Å². The van der Waals surface area contributed by atoms with Crippen LogP contribution in [0.2, 0.25) is 0 Å². The first-order chi connectivity index (χ1) is 14.1. The van der Waals surface area contributed by atoms with Crippen LogP contribution in [0, 0.1) is 11.8 Å². The molecule has 3 heterocycles. The predicted octanol–water partition coefficient (Wildman–Crippen LogP) is 4.48. The van der Waals surface area contributed by atoms with Crippen molar-refractivity contribution in [3.63, 3.8) is 0 Å². The highest BCUT2D eigenvalue weighted by atomic mass is 32.1. The number of hydrogen-bond acceptors (Lipinski definition) is 3. The molecule has 0 spiro atoms. The molecule has 0 unspecified atom stereocenters. The number of rotatable bonds is 2. The van der Waals surface area contributed by atoms with Gasteiger partial charge < -0.3 is 10.2 Å². The quantitative estimate of drug-likeness (QED) is 0.443. The summed E-state index contributed by atoms with van der Waals surface area (Å²) in [6.45, 7) is 5.14. The number of hydrogen-bond donors (Lipinski definition) is 1. The maximum Gasteiger partial charge on any atom is 0.173 e. The summed E-state index contributed by atoms with van der Waals surface area (Å²) in [5.74, 6) is 1.53. The summed E-state index contributed by atoms with van der Waals surface area (Å²) < 4.78 is 0. The van der Waals surface area contributed by atoms with E-state index in [2.05, 4.69) is 21.2 Å². The van der Waals surface area contributed by atoms with E-state index in [-0.39, 0.29) is 5.78 Å². The lowest BCUT2D eigenvalue weighted by Gasteiger charge is -2.55. The number of carbonyl (C=O) groups excluding carboxylic acids is 1. The zero-order chi connectivity index (χ0) is 20.0. The van der Waals surface area contributed by atoms with Crippen LogP contribution in [0.4, 0.5) is 5.69 Å². The Labute approximate surface area is 179 Å². The van der Waals surface area contributed by atoms with E-state index in [4.69, 9.17) is 12.2 Å². The molecule has 2 bridgehead atoms. The fourth-order valence-electron chi connectivity index (χ4n) is 6.18. The average Bonchev–Trinajstić information content (AvgIpc) is 2.74. The van der Waals surface area contributed by atoms with Crippen LogP contribution in [-0.2, 0) is 0 Å². The van der Waals surface area contributed by atoms with Crippen LogP contribution in [0.3, 0.4) is 0 Å². The average molecular weight is 410 g/mol. The van der Waals surface area contributed by atoms with E-state index in [0.29, 0.717) is 12.0 Å².